The molecule has 7 heteroatoms. The maximum absolute atomic E-state index is 12.6. The van der Waals surface area contributed by atoms with Crippen LogP contribution in [0.15, 0.2) is 29.5 Å². The van der Waals surface area contributed by atoms with Crippen molar-refractivity contribution in [1.82, 2.24) is 19.4 Å². The molecule has 3 rings (SSSR count). The number of carbonyl (C=O) groups is 1. The number of aromatic amines is 1. The molecule has 1 saturated heterocycles. The van der Waals surface area contributed by atoms with E-state index in [1.807, 2.05) is 17.3 Å². The Morgan fingerprint density at radius 1 is 1.38 bits per heavy atom. The molecule has 1 aliphatic heterocycles. The van der Waals surface area contributed by atoms with Crippen molar-refractivity contribution >= 4 is 17.5 Å². The van der Waals surface area contributed by atoms with Crippen LogP contribution in [0.25, 0.3) is 0 Å². The zero-order valence-electron chi connectivity index (χ0n) is 13.8. The molecule has 24 heavy (non-hydrogen) atoms. The van der Waals surface area contributed by atoms with E-state index in [9.17, 15) is 9.59 Å². The van der Waals surface area contributed by atoms with Gasteiger partial charge in [-0.3, -0.25) is 9.59 Å². The van der Waals surface area contributed by atoms with E-state index in [1.165, 1.54) is 12.3 Å². The van der Waals surface area contributed by atoms with Crippen molar-refractivity contribution in [2.24, 2.45) is 0 Å². The van der Waals surface area contributed by atoms with Crippen LogP contribution in [0.5, 0.6) is 0 Å². The zero-order chi connectivity index (χ0) is 17.3. The number of H-pyrrole nitrogens is 1. The summed E-state index contributed by atoms with van der Waals surface area (Å²) in [4.78, 5) is 32.7. The predicted octanol–water partition coefficient (Wildman–Crippen LogP) is 2.83. The fraction of sp³-hybridized carbons (Fsp3) is 0.471. The highest BCUT2D eigenvalue weighted by Crippen LogP contribution is 2.29. The Kier molecular flexibility index (Phi) is 4.76. The third-order valence-corrected chi connectivity index (χ3v) is 4.79. The van der Waals surface area contributed by atoms with Crippen molar-refractivity contribution in [3.63, 3.8) is 0 Å². The Bertz CT molecular complexity index is 788. The van der Waals surface area contributed by atoms with Crippen molar-refractivity contribution in [1.29, 1.82) is 0 Å². The number of rotatable bonds is 3. The number of halogens is 1. The summed E-state index contributed by atoms with van der Waals surface area (Å²) in [6, 6.07) is 1.81. The molecule has 2 aromatic heterocycles. The van der Waals surface area contributed by atoms with E-state index < -0.39 is 0 Å². The van der Waals surface area contributed by atoms with Crippen LogP contribution in [0.1, 0.15) is 54.8 Å². The topological polar surface area (TPSA) is 71.0 Å². The van der Waals surface area contributed by atoms with Crippen LogP contribution in [0.4, 0.5) is 0 Å². The molecule has 0 aliphatic carbocycles. The lowest BCUT2D eigenvalue weighted by molar-refractivity contribution is 0.0709. The number of pyridine rings is 1. The van der Waals surface area contributed by atoms with Gasteiger partial charge in [-0.05, 0) is 32.8 Å². The maximum Gasteiger partial charge on any atom is 0.266 e. The van der Waals surface area contributed by atoms with Crippen molar-refractivity contribution in [2.75, 3.05) is 13.1 Å². The molecule has 6 nitrogen and oxygen atoms in total. The van der Waals surface area contributed by atoms with Crippen LogP contribution in [0.3, 0.4) is 0 Å². The molecule has 0 aromatic carbocycles. The minimum absolute atomic E-state index is 0.0368. The van der Waals surface area contributed by atoms with Gasteiger partial charge < -0.3 is 14.5 Å². The lowest BCUT2D eigenvalue weighted by Gasteiger charge is -2.32. The molecule has 0 spiro atoms. The first-order valence-corrected chi connectivity index (χ1v) is 8.55. The van der Waals surface area contributed by atoms with Gasteiger partial charge in [-0.25, -0.2) is 4.98 Å². The van der Waals surface area contributed by atoms with Crippen LogP contribution in [0.2, 0.25) is 5.02 Å². The number of hydrogen-bond donors (Lipinski definition) is 1. The fourth-order valence-corrected chi connectivity index (χ4v) is 3.35. The van der Waals surface area contributed by atoms with Crippen LogP contribution in [-0.4, -0.2) is 38.4 Å². The minimum Gasteiger partial charge on any atom is -0.339 e. The molecule has 1 aliphatic rings. The van der Waals surface area contributed by atoms with Crippen molar-refractivity contribution in [3.8, 4) is 0 Å². The Morgan fingerprint density at radius 2 is 2.08 bits per heavy atom. The van der Waals surface area contributed by atoms with E-state index in [0.29, 0.717) is 30.6 Å². The highest BCUT2D eigenvalue weighted by atomic mass is 35.5. The average Bonchev–Trinajstić information content (AvgIpc) is 3.07. The number of nitrogens with zero attached hydrogens (tertiary/aromatic N) is 3. The van der Waals surface area contributed by atoms with Gasteiger partial charge in [0.1, 0.15) is 10.8 Å². The first-order chi connectivity index (χ1) is 11.5. The highest BCUT2D eigenvalue weighted by molar-refractivity contribution is 6.30. The summed E-state index contributed by atoms with van der Waals surface area (Å²) in [6.07, 6.45) is 7.04. The number of piperidine rings is 1. The molecule has 1 fully saturated rings. The number of amides is 1. The summed E-state index contributed by atoms with van der Waals surface area (Å²) < 4.78 is 2.20. The van der Waals surface area contributed by atoms with E-state index in [2.05, 4.69) is 28.4 Å². The third-order valence-electron chi connectivity index (χ3n) is 4.51. The molecule has 0 bridgehead atoms. The Hall–Kier alpha value is -2.08. The standard InChI is InChI=1S/C17H21ClN4O2/c1-11(2)22-8-5-19-15(22)12-3-6-21(7-4-12)17(24)13-9-14(18)16(23)20-10-13/h5,8-12H,3-4,6-7H2,1-2H3,(H,20,23). The van der Waals surface area contributed by atoms with Gasteiger partial charge in [0.15, 0.2) is 0 Å². The van der Waals surface area contributed by atoms with Crippen LogP contribution in [-0.2, 0) is 0 Å². The predicted molar refractivity (Wildman–Crippen MR) is 92.6 cm³/mol. The van der Waals surface area contributed by atoms with E-state index in [1.54, 1.807) is 0 Å². The number of nitrogens with one attached hydrogen (secondary N) is 1. The SMILES string of the molecule is CC(C)n1ccnc1C1CCN(C(=O)c2c[nH]c(=O)c(Cl)c2)CC1. The van der Waals surface area contributed by atoms with E-state index in [0.717, 1.165) is 18.7 Å². The Balaban J connectivity index is 1.68. The van der Waals surface area contributed by atoms with E-state index >= 15 is 0 Å². The summed E-state index contributed by atoms with van der Waals surface area (Å²) in [6.45, 7) is 5.63. The van der Waals surface area contributed by atoms with Crippen molar-refractivity contribution in [3.05, 3.63) is 51.4 Å². The largest absolute Gasteiger partial charge is 0.339 e. The van der Waals surface area contributed by atoms with Crippen molar-refractivity contribution < 1.29 is 4.79 Å². The monoisotopic (exact) mass is 348 g/mol. The lowest BCUT2D eigenvalue weighted by Crippen LogP contribution is -2.38. The summed E-state index contributed by atoms with van der Waals surface area (Å²) in [5.74, 6) is 1.37. The normalized spacial score (nSPS) is 15.9. The molecule has 128 valence electrons. The third kappa shape index (κ3) is 3.24. The molecule has 2 aromatic rings. The minimum atomic E-state index is -0.382. The molecule has 1 amide bonds. The van der Waals surface area contributed by atoms with Gasteiger partial charge in [-0.15, -0.1) is 0 Å². The second-order valence-electron chi connectivity index (χ2n) is 6.42. The molecule has 0 atom stereocenters. The van der Waals surface area contributed by atoms with Gasteiger partial charge in [0.2, 0.25) is 0 Å². The van der Waals surface area contributed by atoms with Gasteiger partial charge in [0.25, 0.3) is 11.5 Å². The molecule has 3 heterocycles. The second kappa shape index (κ2) is 6.81. The Labute approximate surface area is 145 Å². The van der Waals surface area contributed by atoms with Gasteiger partial charge in [-0.1, -0.05) is 11.6 Å². The molecular formula is C17H21ClN4O2. The molecule has 0 radical (unpaired) electrons. The summed E-state index contributed by atoms with van der Waals surface area (Å²) in [5.41, 5.74) is 0.0363. The number of hydrogen-bond acceptors (Lipinski definition) is 3. The molecule has 0 unspecified atom stereocenters. The molecule has 0 saturated carbocycles. The lowest BCUT2D eigenvalue weighted by atomic mass is 9.95. The van der Waals surface area contributed by atoms with Crippen LogP contribution >= 0.6 is 11.6 Å². The van der Waals surface area contributed by atoms with Gasteiger partial charge in [0.05, 0.1) is 5.56 Å². The number of aromatic nitrogens is 3. The maximum atomic E-state index is 12.6. The highest BCUT2D eigenvalue weighted by Gasteiger charge is 2.27. The van der Waals surface area contributed by atoms with Crippen LogP contribution < -0.4 is 5.56 Å². The van der Waals surface area contributed by atoms with Crippen LogP contribution in [0, 0.1) is 0 Å². The summed E-state index contributed by atoms with van der Waals surface area (Å²) in [7, 11) is 0. The first kappa shape index (κ1) is 16.8. The molecular weight excluding hydrogens is 328 g/mol. The number of carbonyl (C=O) groups excluding carboxylic acids is 1. The first-order valence-electron chi connectivity index (χ1n) is 8.17. The summed E-state index contributed by atoms with van der Waals surface area (Å²) in [5, 5.41) is 0.0368. The van der Waals surface area contributed by atoms with Gasteiger partial charge in [-0.2, -0.15) is 0 Å². The average molecular weight is 349 g/mol. The second-order valence-corrected chi connectivity index (χ2v) is 6.83. The van der Waals surface area contributed by atoms with E-state index in [4.69, 9.17) is 11.6 Å². The summed E-state index contributed by atoms with van der Waals surface area (Å²) >= 11 is 5.81. The zero-order valence-corrected chi connectivity index (χ0v) is 14.6. The van der Waals surface area contributed by atoms with Gasteiger partial charge >= 0.3 is 0 Å². The number of likely N-dealkylation sites (tertiary alicyclic amines) is 1. The smallest absolute Gasteiger partial charge is 0.266 e. The van der Waals surface area contributed by atoms with Crippen molar-refractivity contribution in [2.45, 2.75) is 38.6 Å². The quantitative estimate of drug-likeness (QED) is 0.927. The Morgan fingerprint density at radius 3 is 2.71 bits per heavy atom. The van der Waals surface area contributed by atoms with Gasteiger partial charge in [0, 0.05) is 43.6 Å². The number of imidazole rings is 1. The van der Waals surface area contributed by atoms with E-state index in [-0.39, 0.29) is 16.5 Å². The fourth-order valence-electron chi connectivity index (χ4n) is 3.18. The molecule has 1 N–H and O–H groups in total.